The first-order valence-corrected chi connectivity index (χ1v) is 6.67. The molecule has 0 amide bonds. The Kier molecular flexibility index (Phi) is 3.72. The molecular weight excluding hydrogens is 256 g/mol. The van der Waals surface area contributed by atoms with Gasteiger partial charge in [0.15, 0.2) is 0 Å². The standard InChI is InChI=1S/C16H19ClN2/c1-16(2,3)11-4-7-13(8-5-11)19-15-10-12(17)6-9-14(15)18/h4-10,19H,18H2,1-3H3. The summed E-state index contributed by atoms with van der Waals surface area (Å²) < 4.78 is 0. The first-order chi connectivity index (χ1) is 8.86. The van der Waals surface area contributed by atoms with E-state index in [1.807, 2.05) is 6.07 Å². The topological polar surface area (TPSA) is 38.0 Å². The number of nitrogens with two attached hydrogens (primary N) is 1. The number of rotatable bonds is 2. The van der Waals surface area contributed by atoms with Gasteiger partial charge in [-0.05, 0) is 41.3 Å². The minimum atomic E-state index is 0.160. The molecule has 2 rings (SSSR count). The molecule has 0 bridgehead atoms. The van der Waals surface area contributed by atoms with Gasteiger partial charge < -0.3 is 11.1 Å². The lowest BCUT2D eigenvalue weighted by molar-refractivity contribution is 0.590. The number of hydrogen-bond acceptors (Lipinski definition) is 2. The normalized spacial score (nSPS) is 11.4. The Labute approximate surface area is 119 Å². The van der Waals surface area contributed by atoms with Gasteiger partial charge >= 0.3 is 0 Å². The number of halogens is 1. The molecule has 0 heterocycles. The van der Waals surface area contributed by atoms with Gasteiger partial charge in [0, 0.05) is 10.7 Å². The van der Waals surface area contributed by atoms with Gasteiger partial charge in [0.1, 0.15) is 0 Å². The van der Waals surface area contributed by atoms with Crippen LogP contribution in [0.1, 0.15) is 26.3 Å². The van der Waals surface area contributed by atoms with Gasteiger partial charge in [-0.25, -0.2) is 0 Å². The molecule has 3 heteroatoms. The lowest BCUT2D eigenvalue weighted by Gasteiger charge is -2.19. The van der Waals surface area contributed by atoms with Crippen molar-refractivity contribution in [3.05, 3.63) is 53.1 Å². The van der Waals surface area contributed by atoms with E-state index in [4.69, 9.17) is 17.3 Å². The van der Waals surface area contributed by atoms with Crippen LogP contribution in [-0.4, -0.2) is 0 Å². The largest absolute Gasteiger partial charge is 0.397 e. The maximum atomic E-state index is 5.97. The monoisotopic (exact) mass is 274 g/mol. The highest BCUT2D eigenvalue weighted by molar-refractivity contribution is 6.31. The van der Waals surface area contributed by atoms with Crippen LogP contribution >= 0.6 is 11.6 Å². The summed E-state index contributed by atoms with van der Waals surface area (Å²) in [6.07, 6.45) is 0. The molecule has 0 spiro atoms. The van der Waals surface area contributed by atoms with E-state index in [9.17, 15) is 0 Å². The van der Waals surface area contributed by atoms with E-state index in [1.165, 1.54) is 5.56 Å². The van der Waals surface area contributed by atoms with E-state index < -0.39 is 0 Å². The molecule has 3 N–H and O–H groups in total. The predicted molar refractivity (Wildman–Crippen MR) is 84.3 cm³/mol. The van der Waals surface area contributed by atoms with Crippen LogP contribution in [0.5, 0.6) is 0 Å². The molecule has 0 saturated heterocycles. The van der Waals surface area contributed by atoms with Gasteiger partial charge in [0.25, 0.3) is 0 Å². The van der Waals surface area contributed by atoms with E-state index >= 15 is 0 Å². The second-order valence-electron chi connectivity index (χ2n) is 5.68. The van der Waals surface area contributed by atoms with Crippen molar-refractivity contribution < 1.29 is 0 Å². The summed E-state index contributed by atoms with van der Waals surface area (Å²) in [5, 5.41) is 3.95. The molecule has 0 aliphatic carbocycles. The van der Waals surface area contributed by atoms with Gasteiger partial charge in [-0.3, -0.25) is 0 Å². The van der Waals surface area contributed by atoms with Crippen LogP contribution in [0.25, 0.3) is 0 Å². The minimum Gasteiger partial charge on any atom is -0.397 e. The fourth-order valence-electron chi connectivity index (χ4n) is 1.85. The number of hydrogen-bond donors (Lipinski definition) is 2. The summed E-state index contributed by atoms with van der Waals surface area (Å²) in [7, 11) is 0. The Morgan fingerprint density at radius 1 is 1.00 bits per heavy atom. The third-order valence-corrected chi connectivity index (χ3v) is 3.28. The molecule has 0 atom stereocenters. The van der Waals surface area contributed by atoms with Gasteiger partial charge in [0.05, 0.1) is 11.4 Å². The van der Waals surface area contributed by atoms with Crippen LogP contribution in [0.4, 0.5) is 17.1 Å². The van der Waals surface area contributed by atoms with Crippen LogP contribution in [0.15, 0.2) is 42.5 Å². The molecule has 2 aromatic carbocycles. The molecule has 2 aromatic rings. The summed E-state index contributed by atoms with van der Waals surface area (Å²) in [6, 6.07) is 13.8. The average Bonchev–Trinajstić information content (AvgIpc) is 2.33. The number of nitrogens with one attached hydrogen (secondary N) is 1. The van der Waals surface area contributed by atoms with Gasteiger partial charge in [0.2, 0.25) is 0 Å². The Hall–Kier alpha value is -1.67. The van der Waals surface area contributed by atoms with Gasteiger partial charge in [-0.2, -0.15) is 0 Å². The van der Waals surface area contributed by atoms with Gasteiger partial charge in [-0.1, -0.05) is 44.5 Å². The van der Waals surface area contributed by atoms with Crippen LogP contribution < -0.4 is 11.1 Å². The quantitative estimate of drug-likeness (QED) is 0.759. The first-order valence-electron chi connectivity index (χ1n) is 6.29. The maximum absolute atomic E-state index is 5.97. The zero-order valence-electron chi connectivity index (χ0n) is 11.5. The average molecular weight is 275 g/mol. The summed E-state index contributed by atoms with van der Waals surface area (Å²) in [4.78, 5) is 0. The van der Waals surface area contributed by atoms with Crippen molar-refractivity contribution >= 4 is 28.7 Å². The van der Waals surface area contributed by atoms with Crippen molar-refractivity contribution in [2.45, 2.75) is 26.2 Å². The van der Waals surface area contributed by atoms with Crippen LogP contribution in [0.3, 0.4) is 0 Å². The van der Waals surface area contributed by atoms with Crippen molar-refractivity contribution in [1.82, 2.24) is 0 Å². The maximum Gasteiger partial charge on any atom is 0.0632 e. The molecule has 100 valence electrons. The highest BCUT2D eigenvalue weighted by atomic mass is 35.5. The molecule has 0 unspecified atom stereocenters. The molecule has 2 nitrogen and oxygen atoms in total. The zero-order chi connectivity index (χ0) is 14.0. The lowest BCUT2D eigenvalue weighted by atomic mass is 9.87. The Morgan fingerprint density at radius 2 is 1.63 bits per heavy atom. The van der Waals surface area contributed by atoms with Gasteiger partial charge in [-0.15, -0.1) is 0 Å². The molecular formula is C16H19ClN2. The molecule has 0 radical (unpaired) electrons. The van der Waals surface area contributed by atoms with Crippen molar-refractivity contribution in [2.24, 2.45) is 0 Å². The second-order valence-corrected chi connectivity index (χ2v) is 6.12. The Balaban J connectivity index is 2.22. The van der Waals surface area contributed by atoms with E-state index in [1.54, 1.807) is 12.1 Å². The second kappa shape index (κ2) is 5.14. The molecule has 0 aliphatic rings. The fourth-order valence-corrected chi connectivity index (χ4v) is 2.02. The van der Waals surface area contributed by atoms with E-state index in [0.717, 1.165) is 11.4 Å². The highest BCUT2D eigenvalue weighted by Gasteiger charge is 2.12. The third kappa shape index (κ3) is 3.42. The van der Waals surface area contributed by atoms with Crippen molar-refractivity contribution in [3.63, 3.8) is 0 Å². The summed E-state index contributed by atoms with van der Waals surface area (Å²) in [5.41, 5.74) is 9.89. The summed E-state index contributed by atoms with van der Waals surface area (Å²) in [6.45, 7) is 6.60. The Bertz CT molecular complexity index is 568. The fraction of sp³-hybridized carbons (Fsp3) is 0.250. The first kappa shape index (κ1) is 13.8. The van der Waals surface area contributed by atoms with Crippen LogP contribution in [0, 0.1) is 0 Å². The summed E-state index contributed by atoms with van der Waals surface area (Å²) in [5.74, 6) is 0. The van der Waals surface area contributed by atoms with E-state index in [-0.39, 0.29) is 5.41 Å². The number of anilines is 3. The lowest BCUT2D eigenvalue weighted by Crippen LogP contribution is -2.10. The Morgan fingerprint density at radius 3 is 2.21 bits per heavy atom. The molecule has 0 saturated carbocycles. The zero-order valence-corrected chi connectivity index (χ0v) is 12.3. The van der Waals surface area contributed by atoms with Crippen LogP contribution in [0.2, 0.25) is 5.02 Å². The van der Waals surface area contributed by atoms with Crippen molar-refractivity contribution in [1.29, 1.82) is 0 Å². The van der Waals surface area contributed by atoms with E-state index in [0.29, 0.717) is 10.7 Å². The molecule has 19 heavy (non-hydrogen) atoms. The highest BCUT2D eigenvalue weighted by Crippen LogP contribution is 2.28. The SMILES string of the molecule is CC(C)(C)c1ccc(Nc2cc(Cl)ccc2N)cc1. The third-order valence-electron chi connectivity index (χ3n) is 3.05. The molecule has 0 aromatic heterocycles. The minimum absolute atomic E-state index is 0.160. The smallest absolute Gasteiger partial charge is 0.0632 e. The van der Waals surface area contributed by atoms with Crippen molar-refractivity contribution in [2.75, 3.05) is 11.1 Å². The number of nitrogen functional groups attached to an aromatic ring is 1. The molecule has 0 aliphatic heterocycles. The summed E-state index contributed by atoms with van der Waals surface area (Å²) >= 11 is 5.97. The number of benzene rings is 2. The van der Waals surface area contributed by atoms with E-state index in [2.05, 4.69) is 50.4 Å². The molecule has 0 fully saturated rings. The van der Waals surface area contributed by atoms with Crippen LogP contribution in [-0.2, 0) is 5.41 Å². The predicted octanol–water partition coefficient (Wildman–Crippen LogP) is 4.96. The van der Waals surface area contributed by atoms with Crippen molar-refractivity contribution in [3.8, 4) is 0 Å².